The Kier molecular flexibility index (Phi) is 6.22. The van der Waals surface area contributed by atoms with Crippen molar-refractivity contribution < 1.29 is 27.9 Å². The van der Waals surface area contributed by atoms with E-state index in [0.717, 1.165) is 11.6 Å². The van der Waals surface area contributed by atoms with Gasteiger partial charge >= 0.3 is 12.1 Å². The molecule has 4 nitrogen and oxygen atoms in total. The number of benzene rings is 3. The van der Waals surface area contributed by atoms with Crippen molar-refractivity contribution >= 4 is 11.9 Å². The first-order valence-corrected chi connectivity index (χ1v) is 10.6. The number of amides is 1. The van der Waals surface area contributed by atoms with E-state index in [1.165, 1.54) is 29.2 Å². The number of aromatic carboxylic acids is 1. The van der Waals surface area contributed by atoms with Gasteiger partial charge < -0.3 is 10.0 Å². The van der Waals surface area contributed by atoms with Crippen molar-refractivity contribution in [3.8, 4) is 11.1 Å². The summed E-state index contributed by atoms with van der Waals surface area (Å²) in [6, 6.07) is 19.5. The molecule has 0 aliphatic carbocycles. The Bertz CT molecular complexity index is 1170. The molecule has 3 aromatic carbocycles. The number of halogens is 3. The average Bonchev–Trinajstić information content (AvgIpc) is 2.83. The number of likely N-dealkylation sites (tertiary alicyclic amines) is 1. The third kappa shape index (κ3) is 4.77. The summed E-state index contributed by atoms with van der Waals surface area (Å²) in [6.07, 6.45) is -3.67. The van der Waals surface area contributed by atoms with E-state index in [9.17, 15) is 27.9 Å². The van der Waals surface area contributed by atoms with Gasteiger partial charge in [-0.3, -0.25) is 4.79 Å². The van der Waals surface area contributed by atoms with E-state index in [0.29, 0.717) is 18.4 Å². The lowest BCUT2D eigenvalue weighted by atomic mass is 9.86. The third-order valence-electron chi connectivity index (χ3n) is 6.08. The van der Waals surface area contributed by atoms with Crippen LogP contribution in [0.5, 0.6) is 0 Å². The van der Waals surface area contributed by atoms with Crippen LogP contribution in [0.2, 0.25) is 0 Å². The summed E-state index contributed by atoms with van der Waals surface area (Å²) in [5.74, 6) is -1.94. The SMILES string of the molecule is O=C(O)c1cc(-c2ccccc2)ccc1C(=O)N1CCC(c2ccccc2C(F)(F)F)CC1. The molecule has 33 heavy (non-hydrogen) atoms. The van der Waals surface area contributed by atoms with Gasteiger partial charge in [0.1, 0.15) is 0 Å². The van der Waals surface area contributed by atoms with E-state index in [2.05, 4.69) is 0 Å². The van der Waals surface area contributed by atoms with Crippen molar-refractivity contribution in [2.75, 3.05) is 13.1 Å². The first-order valence-electron chi connectivity index (χ1n) is 10.6. The summed E-state index contributed by atoms with van der Waals surface area (Å²) in [5.41, 5.74) is 1.12. The zero-order valence-corrected chi connectivity index (χ0v) is 17.7. The second-order valence-electron chi connectivity index (χ2n) is 8.08. The number of piperidine rings is 1. The zero-order valence-electron chi connectivity index (χ0n) is 17.7. The smallest absolute Gasteiger partial charge is 0.416 e. The van der Waals surface area contributed by atoms with E-state index in [1.807, 2.05) is 30.3 Å². The maximum Gasteiger partial charge on any atom is 0.416 e. The van der Waals surface area contributed by atoms with Crippen LogP contribution in [-0.2, 0) is 6.18 Å². The van der Waals surface area contributed by atoms with Crippen LogP contribution in [0.4, 0.5) is 13.2 Å². The number of hydrogen-bond donors (Lipinski definition) is 1. The van der Waals surface area contributed by atoms with E-state index in [1.54, 1.807) is 12.1 Å². The molecule has 170 valence electrons. The number of hydrogen-bond acceptors (Lipinski definition) is 2. The van der Waals surface area contributed by atoms with Gasteiger partial charge in [-0.25, -0.2) is 4.79 Å². The minimum Gasteiger partial charge on any atom is -0.478 e. The lowest BCUT2D eigenvalue weighted by molar-refractivity contribution is -0.138. The van der Waals surface area contributed by atoms with Crippen LogP contribution in [0.3, 0.4) is 0 Å². The van der Waals surface area contributed by atoms with Crippen LogP contribution in [0, 0.1) is 0 Å². The Morgan fingerprint density at radius 3 is 2.09 bits per heavy atom. The number of rotatable bonds is 4. The summed E-state index contributed by atoms with van der Waals surface area (Å²) in [5, 5.41) is 9.70. The van der Waals surface area contributed by atoms with E-state index in [4.69, 9.17) is 0 Å². The molecule has 1 heterocycles. The molecule has 0 aromatic heterocycles. The lowest BCUT2D eigenvalue weighted by Gasteiger charge is -2.33. The van der Waals surface area contributed by atoms with E-state index >= 15 is 0 Å². The fraction of sp³-hybridized carbons (Fsp3) is 0.231. The number of nitrogens with zero attached hydrogens (tertiary/aromatic N) is 1. The van der Waals surface area contributed by atoms with Gasteiger partial charge in [0.2, 0.25) is 0 Å². The molecule has 0 radical (unpaired) electrons. The molecule has 7 heteroatoms. The lowest BCUT2D eigenvalue weighted by Crippen LogP contribution is -2.38. The number of carbonyl (C=O) groups is 2. The van der Waals surface area contributed by atoms with Gasteiger partial charge in [-0.05, 0) is 53.6 Å². The molecule has 0 bridgehead atoms. The summed E-state index contributed by atoms with van der Waals surface area (Å²) < 4.78 is 40.2. The number of carbonyl (C=O) groups excluding carboxylic acids is 1. The molecule has 0 atom stereocenters. The van der Waals surface area contributed by atoms with Crippen LogP contribution in [-0.4, -0.2) is 35.0 Å². The normalized spacial score (nSPS) is 14.8. The van der Waals surface area contributed by atoms with Crippen LogP contribution in [0.15, 0.2) is 72.8 Å². The fourth-order valence-corrected chi connectivity index (χ4v) is 4.39. The van der Waals surface area contributed by atoms with Crippen molar-refractivity contribution in [2.24, 2.45) is 0 Å². The highest BCUT2D eigenvalue weighted by Crippen LogP contribution is 2.39. The van der Waals surface area contributed by atoms with Crippen LogP contribution in [0.25, 0.3) is 11.1 Å². The largest absolute Gasteiger partial charge is 0.478 e. The number of carboxylic acids is 1. The van der Waals surface area contributed by atoms with Gasteiger partial charge in [0.15, 0.2) is 0 Å². The summed E-state index contributed by atoms with van der Waals surface area (Å²) >= 11 is 0. The monoisotopic (exact) mass is 453 g/mol. The molecular weight excluding hydrogens is 431 g/mol. The molecule has 1 N–H and O–H groups in total. The highest BCUT2D eigenvalue weighted by Gasteiger charge is 2.36. The first kappa shape index (κ1) is 22.6. The summed E-state index contributed by atoms with van der Waals surface area (Å²) in [4.78, 5) is 26.5. The molecule has 4 rings (SSSR count). The first-order chi connectivity index (χ1) is 15.8. The van der Waals surface area contributed by atoms with Gasteiger partial charge in [-0.15, -0.1) is 0 Å². The van der Waals surface area contributed by atoms with Crippen LogP contribution in [0.1, 0.15) is 50.6 Å². The predicted octanol–water partition coefficient (Wildman–Crippen LogP) is 6.09. The van der Waals surface area contributed by atoms with E-state index < -0.39 is 23.6 Å². The molecular formula is C26H22F3NO3. The number of carboxylic acid groups (broad SMARTS) is 1. The molecule has 3 aromatic rings. The Morgan fingerprint density at radius 2 is 1.45 bits per heavy atom. The van der Waals surface area contributed by atoms with Gasteiger partial charge in [-0.2, -0.15) is 13.2 Å². The zero-order chi connectivity index (χ0) is 23.6. The van der Waals surface area contributed by atoms with E-state index in [-0.39, 0.29) is 35.7 Å². The topological polar surface area (TPSA) is 57.6 Å². The van der Waals surface area contributed by atoms with Crippen molar-refractivity contribution in [2.45, 2.75) is 24.9 Å². The molecule has 0 unspecified atom stereocenters. The predicted molar refractivity (Wildman–Crippen MR) is 118 cm³/mol. The Labute approximate surface area is 189 Å². The Balaban J connectivity index is 1.53. The minimum absolute atomic E-state index is 0.0799. The molecule has 1 aliphatic rings. The van der Waals surface area contributed by atoms with Gasteiger partial charge in [0, 0.05) is 13.1 Å². The third-order valence-corrected chi connectivity index (χ3v) is 6.08. The molecule has 1 amide bonds. The van der Waals surface area contributed by atoms with Gasteiger partial charge in [0.05, 0.1) is 16.7 Å². The summed E-state index contributed by atoms with van der Waals surface area (Å²) in [6.45, 7) is 0.518. The minimum atomic E-state index is -4.43. The quantitative estimate of drug-likeness (QED) is 0.520. The molecule has 1 saturated heterocycles. The van der Waals surface area contributed by atoms with Crippen molar-refractivity contribution in [1.29, 1.82) is 0 Å². The van der Waals surface area contributed by atoms with Crippen molar-refractivity contribution in [3.63, 3.8) is 0 Å². The molecule has 1 aliphatic heterocycles. The maximum atomic E-state index is 13.4. The average molecular weight is 453 g/mol. The summed E-state index contributed by atoms with van der Waals surface area (Å²) in [7, 11) is 0. The second-order valence-corrected chi connectivity index (χ2v) is 8.08. The molecule has 0 spiro atoms. The molecule has 0 saturated carbocycles. The van der Waals surface area contributed by atoms with Gasteiger partial charge in [0.25, 0.3) is 5.91 Å². The standard InChI is InChI=1S/C26H22F3NO3/c27-26(28,29)23-9-5-4-8-20(23)18-12-14-30(15-13-18)24(31)21-11-10-19(16-22(21)25(32)33)17-6-2-1-3-7-17/h1-11,16,18H,12-15H2,(H,32,33). The number of alkyl halides is 3. The maximum absolute atomic E-state index is 13.4. The van der Waals surface area contributed by atoms with Crippen molar-refractivity contribution in [3.05, 3.63) is 95.1 Å². The van der Waals surface area contributed by atoms with Gasteiger partial charge in [-0.1, -0.05) is 54.6 Å². The van der Waals surface area contributed by atoms with Crippen molar-refractivity contribution in [1.82, 2.24) is 4.90 Å². The molecule has 1 fully saturated rings. The Morgan fingerprint density at radius 1 is 0.818 bits per heavy atom. The highest BCUT2D eigenvalue weighted by molar-refractivity contribution is 6.05. The highest BCUT2D eigenvalue weighted by atomic mass is 19.4. The fourth-order valence-electron chi connectivity index (χ4n) is 4.39. The van der Waals surface area contributed by atoms with Crippen LogP contribution >= 0.6 is 0 Å². The Hall–Kier alpha value is -3.61. The van der Waals surface area contributed by atoms with Crippen LogP contribution < -0.4 is 0 Å². The second kappa shape index (κ2) is 9.10.